The lowest BCUT2D eigenvalue weighted by Crippen LogP contribution is -2.35. The van der Waals surface area contributed by atoms with Gasteiger partial charge < -0.3 is 5.11 Å². The van der Waals surface area contributed by atoms with Crippen LogP contribution in [0.4, 0.5) is 5.69 Å². The molecule has 5 rings (SSSR count). The van der Waals surface area contributed by atoms with Crippen molar-refractivity contribution in [2.24, 2.45) is 0 Å². The number of non-ortho nitro benzene ring substituents is 1. The fourth-order valence-corrected chi connectivity index (χ4v) is 3.75. The summed E-state index contributed by atoms with van der Waals surface area (Å²) in [4.78, 5) is 10.6. The largest absolute Gasteiger partial charge is 0.392 e. The quantitative estimate of drug-likeness (QED) is 0.638. The van der Waals surface area contributed by atoms with Crippen LogP contribution in [0.3, 0.4) is 0 Å². The zero-order valence-electron chi connectivity index (χ0n) is 10.7. The van der Waals surface area contributed by atoms with E-state index in [1.165, 1.54) is 5.56 Å². The summed E-state index contributed by atoms with van der Waals surface area (Å²) in [7, 11) is 0. The second-order valence-electron chi connectivity index (χ2n) is 5.53. The molecule has 0 spiro atoms. The molecule has 0 heterocycles. The highest BCUT2D eigenvalue weighted by Crippen LogP contribution is 2.53. The van der Waals surface area contributed by atoms with Gasteiger partial charge in [0.05, 0.1) is 11.0 Å². The molecule has 20 heavy (non-hydrogen) atoms. The Hall–Kier alpha value is -2.20. The zero-order valence-corrected chi connectivity index (χ0v) is 10.7. The zero-order chi connectivity index (χ0) is 13.9. The van der Waals surface area contributed by atoms with Gasteiger partial charge in [-0.2, -0.15) is 0 Å². The van der Waals surface area contributed by atoms with E-state index in [0.29, 0.717) is 6.42 Å². The van der Waals surface area contributed by atoms with Gasteiger partial charge in [-0.15, -0.1) is 0 Å². The highest BCUT2D eigenvalue weighted by molar-refractivity contribution is 5.58. The first-order chi connectivity index (χ1) is 9.66. The van der Waals surface area contributed by atoms with Crippen LogP contribution < -0.4 is 0 Å². The van der Waals surface area contributed by atoms with E-state index in [4.69, 9.17) is 0 Å². The van der Waals surface area contributed by atoms with Gasteiger partial charge in [0, 0.05) is 24.0 Å². The van der Waals surface area contributed by atoms with E-state index in [1.807, 2.05) is 24.3 Å². The van der Waals surface area contributed by atoms with Gasteiger partial charge in [-0.05, 0) is 28.7 Å². The molecular formula is C16H13NO3. The summed E-state index contributed by atoms with van der Waals surface area (Å²) in [6, 6.07) is 13.1. The Kier molecular flexibility index (Phi) is 2.26. The number of hydrogen-bond donors (Lipinski definition) is 1. The van der Waals surface area contributed by atoms with Gasteiger partial charge in [-0.3, -0.25) is 10.1 Å². The van der Waals surface area contributed by atoms with Crippen molar-refractivity contribution < 1.29 is 10.0 Å². The van der Waals surface area contributed by atoms with Crippen LogP contribution in [-0.2, 0) is 0 Å². The van der Waals surface area contributed by atoms with Crippen molar-refractivity contribution in [1.29, 1.82) is 0 Å². The second kappa shape index (κ2) is 3.90. The lowest BCUT2D eigenvalue weighted by molar-refractivity contribution is -0.385. The average molecular weight is 267 g/mol. The summed E-state index contributed by atoms with van der Waals surface area (Å²) in [5.74, 6) is 0.0214. The first-order valence-corrected chi connectivity index (χ1v) is 6.72. The normalized spacial score (nSPS) is 25.9. The molecule has 100 valence electrons. The Morgan fingerprint density at radius 2 is 1.75 bits per heavy atom. The lowest BCUT2D eigenvalue weighted by atomic mass is 9.62. The van der Waals surface area contributed by atoms with Gasteiger partial charge >= 0.3 is 0 Å². The number of nitrogens with zero attached hydrogens (tertiary/aromatic N) is 1. The molecule has 0 fully saturated rings. The highest BCUT2D eigenvalue weighted by Gasteiger charge is 2.43. The molecule has 0 saturated heterocycles. The number of nitro groups is 1. The van der Waals surface area contributed by atoms with Crippen molar-refractivity contribution >= 4 is 5.69 Å². The Bertz CT molecular complexity index is 725. The van der Waals surface area contributed by atoms with E-state index < -0.39 is 6.10 Å². The monoisotopic (exact) mass is 267 g/mol. The molecule has 2 aromatic rings. The summed E-state index contributed by atoms with van der Waals surface area (Å²) in [5, 5.41) is 21.3. The molecule has 4 nitrogen and oxygen atoms in total. The first kappa shape index (κ1) is 11.6. The number of hydrogen-bond acceptors (Lipinski definition) is 3. The molecule has 1 N–H and O–H groups in total. The molecule has 3 aliphatic carbocycles. The van der Waals surface area contributed by atoms with Gasteiger partial charge in [-0.1, -0.05) is 30.3 Å². The fraction of sp³-hybridized carbons (Fsp3) is 0.250. The SMILES string of the molecule is O=[N+]([O-])c1ccc2c(c1)[C@H]1c3ccccc3[C@@H]2C[C@H]1O. The van der Waals surface area contributed by atoms with Crippen molar-refractivity contribution in [1.82, 2.24) is 0 Å². The molecule has 0 saturated carbocycles. The molecule has 3 atom stereocenters. The number of fused-ring (bicyclic) bond motifs is 1. The van der Waals surface area contributed by atoms with E-state index in [9.17, 15) is 15.2 Å². The van der Waals surface area contributed by atoms with Gasteiger partial charge in [0.2, 0.25) is 0 Å². The molecule has 0 unspecified atom stereocenters. The van der Waals surface area contributed by atoms with E-state index in [0.717, 1.165) is 16.7 Å². The molecule has 0 amide bonds. The van der Waals surface area contributed by atoms with Crippen LogP contribution in [0.5, 0.6) is 0 Å². The topological polar surface area (TPSA) is 63.4 Å². The molecule has 0 radical (unpaired) electrons. The summed E-state index contributed by atoms with van der Waals surface area (Å²) in [6.45, 7) is 0. The molecule has 0 aliphatic heterocycles. The number of aliphatic hydroxyl groups excluding tert-OH is 1. The van der Waals surface area contributed by atoms with Crippen molar-refractivity contribution in [3.8, 4) is 0 Å². The molecule has 2 bridgehead atoms. The Morgan fingerprint density at radius 3 is 2.50 bits per heavy atom. The van der Waals surface area contributed by atoms with Gasteiger partial charge in [0.1, 0.15) is 0 Å². The van der Waals surface area contributed by atoms with Crippen LogP contribution >= 0.6 is 0 Å². The number of benzene rings is 2. The fourth-order valence-electron chi connectivity index (χ4n) is 3.75. The highest BCUT2D eigenvalue weighted by atomic mass is 16.6. The minimum atomic E-state index is -0.454. The van der Waals surface area contributed by atoms with Gasteiger partial charge in [0.25, 0.3) is 5.69 Å². The predicted molar refractivity (Wildman–Crippen MR) is 73.8 cm³/mol. The Labute approximate surface area is 115 Å². The van der Waals surface area contributed by atoms with Crippen molar-refractivity contribution in [2.75, 3.05) is 0 Å². The van der Waals surface area contributed by atoms with Gasteiger partial charge in [-0.25, -0.2) is 0 Å². The first-order valence-electron chi connectivity index (χ1n) is 6.72. The average Bonchev–Trinajstić information content (AvgIpc) is 2.46. The maximum atomic E-state index is 11.0. The van der Waals surface area contributed by atoms with E-state index in [2.05, 4.69) is 6.07 Å². The van der Waals surface area contributed by atoms with Crippen molar-refractivity contribution in [2.45, 2.75) is 24.4 Å². The van der Waals surface area contributed by atoms with E-state index in [-0.39, 0.29) is 22.4 Å². The summed E-state index contributed by atoms with van der Waals surface area (Å²) >= 11 is 0. The smallest absolute Gasteiger partial charge is 0.269 e. The van der Waals surface area contributed by atoms with E-state index >= 15 is 0 Å². The number of rotatable bonds is 1. The Morgan fingerprint density at radius 1 is 1.05 bits per heavy atom. The van der Waals surface area contributed by atoms with Crippen LogP contribution in [0.2, 0.25) is 0 Å². The third-order valence-electron chi connectivity index (χ3n) is 4.56. The third kappa shape index (κ3) is 1.40. The van der Waals surface area contributed by atoms with Crippen LogP contribution in [-0.4, -0.2) is 16.1 Å². The predicted octanol–water partition coefficient (Wildman–Crippen LogP) is 2.94. The summed E-state index contributed by atoms with van der Waals surface area (Å²) in [6.07, 6.45) is 0.247. The maximum Gasteiger partial charge on any atom is 0.269 e. The molecule has 0 aromatic heterocycles. The molecule has 4 heteroatoms. The molecular weight excluding hydrogens is 254 g/mol. The molecule has 3 aliphatic rings. The lowest BCUT2D eigenvalue weighted by Gasteiger charge is -2.43. The second-order valence-corrected chi connectivity index (χ2v) is 5.53. The number of nitro benzene ring substituents is 1. The van der Waals surface area contributed by atoms with Crippen LogP contribution in [0.15, 0.2) is 42.5 Å². The minimum absolute atomic E-state index is 0.0981. The van der Waals surface area contributed by atoms with Crippen molar-refractivity contribution in [3.05, 3.63) is 74.8 Å². The van der Waals surface area contributed by atoms with Gasteiger partial charge in [0.15, 0.2) is 0 Å². The summed E-state index contributed by atoms with van der Waals surface area (Å²) < 4.78 is 0. The minimum Gasteiger partial charge on any atom is -0.392 e. The maximum absolute atomic E-state index is 11.0. The summed E-state index contributed by atoms with van der Waals surface area (Å²) in [5.41, 5.74) is 4.51. The number of aliphatic hydroxyl groups is 1. The van der Waals surface area contributed by atoms with Crippen LogP contribution in [0.25, 0.3) is 0 Å². The van der Waals surface area contributed by atoms with Crippen LogP contribution in [0.1, 0.15) is 40.5 Å². The van der Waals surface area contributed by atoms with Crippen molar-refractivity contribution in [3.63, 3.8) is 0 Å². The van der Waals surface area contributed by atoms with Crippen LogP contribution in [0, 0.1) is 10.1 Å². The third-order valence-corrected chi connectivity index (χ3v) is 4.56. The van der Waals surface area contributed by atoms with E-state index in [1.54, 1.807) is 12.1 Å². The standard InChI is InChI=1S/C16H13NO3/c18-15-8-13-10-3-1-2-4-12(10)16(15)14-7-9(17(19)20)5-6-11(13)14/h1-7,13,15-16,18H,8H2/t13-,15+,16+/m0/s1. The Balaban J connectivity index is 1.97. The molecule has 2 aromatic carbocycles.